The molecule has 1 amide bonds. The van der Waals surface area contributed by atoms with Gasteiger partial charge in [-0.25, -0.2) is 35.5 Å². The number of aryl methyl sites for hydroxylation is 1. The zero-order valence-electron chi connectivity index (χ0n) is 23.1. The van der Waals surface area contributed by atoms with E-state index >= 15 is 8.78 Å². The van der Waals surface area contributed by atoms with Crippen LogP contribution in [0.15, 0.2) is 53.7 Å². The Labute approximate surface area is 245 Å². The van der Waals surface area contributed by atoms with Gasteiger partial charge in [0.25, 0.3) is 10.0 Å². The first-order valence-corrected chi connectivity index (χ1v) is 15.3. The highest BCUT2D eigenvalue weighted by molar-refractivity contribution is 7.90. The van der Waals surface area contributed by atoms with Crippen LogP contribution in [0.25, 0.3) is 22.3 Å². The van der Waals surface area contributed by atoms with Crippen molar-refractivity contribution in [3.63, 3.8) is 0 Å². The number of nitrogens with one attached hydrogen (secondary N) is 2. The van der Waals surface area contributed by atoms with Gasteiger partial charge in [-0.15, -0.1) is 0 Å². The topological polar surface area (TPSA) is 130 Å². The molecule has 4 aromatic rings. The fraction of sp³-hybridized carbons (Fsp3) is 0.333. The summed E-state index contributed by atoms with van der Waals surface area (Å²) < 4.78 is 72.5. The Balaban J connectivity index is 1.33. The largest absolute Gasteiger partial charge is 0.365 e. The highest BCUT2D eigenvalue weighted by Crippen LogP contribution is 2.45. The number of anilines is 1. The van der Waals surface area contributed by atoms with Crippen LogP contribution in [0.2, 0.25) is 0 Å². The van der Waals surface area contributed by atoms with E-state index in [9.17, 15) is 22.9 Å². The van der Waals surface area contributed by atoms with E-state index in [1.807, 2.05) is 0 Å². The van der Waals surface area contributed by atoms with Gasteiger partial charge in [0.05, 0.1) is 17.2 Å². The summed E-state index contributed by atoms with van der Waals surface area (Å²) in [5, 5.41) is 15.2. The third-order valence-corrected chi connectivity index (χ3v) is 9.75. The van der Waals surface area contributed by atoms with Gasteiger partial charge in [0.2, 0.25) is 5.91 Å². The van der Waals surface area contributed by atoms with Crippen LogP contribution in [0.3, 0.4) is 0 Å². The van der Waals surface area contributed by atoms with Gasteiger partial charge in [0.1, 0.15) is 16.9 Å². The Morgan fingerprint density at radius 3 is 2.51 bits per heavy atom. The number of aromatic nitrogens is 3. The molecular weight excluding hydrogens is 581 g/mol. The maximum absolute atomic E-state index is 15.3. The fourth-order valence-corrected chi connectivity index (χ4v) is 6.81. The van der Waals surface area contributed by atoms with Gasteiger partial charge in [-0.05, 0) is 63.6 Å². The normalized spacial score (nSPS) is 19.5. The van der Waals surface area contributed by atoms with Gasteiger partial charge in [-0.3, -0.25) is 4.79 Å². The molecule has 2 aliphatic rings. The van der Waals surface area contributed by atoms with Crippen LogP contribution < -0.4 is 10.6 Å². The lowest BCUT2D eigenvalue weighted by atomic mass is 9.90. The van der Waals surface area contributed by atoms with Crippen molar-refractivity contribution in [1.29, 1.82) is 5.26 Å². The van der Waals surface area contributed by atoms with Crippen LogP contribution in [0.4, 0.5) is 19.0 Å². The number of hydrogen-bond donors (Lipinski definition) is 2. The molecule has 9 nitrogen and oxygen atoms in total. The Morgan fingerprint density at radius 1 is 1.09 bits per heavy atom. The molecule has 0 saturated heterocycles. The summed E-state index contributed by atoms with van der Waals surface area (Å²) in [6.45, 7) is 1.81. The van der Waals surface area contributed by atoms with E-state index < -0.39 is 32.9 Å². The average molecular weight is 609 g/mol. The molecule has 2 aliphatic carbocycles. The summed E-state index contributed by atoms with van der Waals surface area (Å²) >= 11 is 0. The quantitative estimate of drug-likeness (QED) is 0.295. The predicted molar refractivity (Wildman–Crippen MR) is 152 cm³/mol. The molecule has 43 heavy (non-hydrogen) atoms. The van der Waals surface area contributed by atoms with Crippen molar-refractivity contribution in [3.8, 4) is 17.3 Å². The molecule has 3 heterocycles. The van der Waals surface area contributed by atoms with E-state index in [1.165, 1.54) is 12.1 Å². The lowest BCUT2D eigenvalue weighted by Gasteiger charge is -2.31. The molecule has 0 bridgehead atoms. The fourth-order valence-electron chi connectivity index (χ4n) is 5.49. The minimum atomic E-state index is -4.22. The standard InChI is InChI=1S/C30H27F3N6O3S/c1-17-5-7-21(8-6-17)43(41,42)39-15-23(22-11-18(31)14-35-28(22)39)26-24(32)13-25(33)27(38-26)36-19-3-2-4-20(12-19)37-29(40)30(16-34)9-10-30/h5-8,11,13-15,19-20H,2-4,9-10,12H2,1H3,(H,36,38)(H,37,40)/t19-,20+/m0/s1. The third-order valence-electron chi connectivity index (χ3n) is 8.09. The molecule has 222 valence electrons. The van der Waals surface area contributed by atoms with Crippen LogP contribution >= 0.6 is 0 Å². The number of rotatable bonds is 7. The summed E-state index contributed by atoms with van der Waals surface area (Å²) in [6.07, 6.45) is 5.50. The molecule has 1 aromatic carbocycles. The first-order chi connectivity index (χ1) is 20.5. The zero-order chi connectivity index (χ0) is 30.5. The van der Waals surface area contributed by atoms with E-state index in [0.717, 1.165) is 28.0 Å². The van der Waals surface area contributed by atoms with E-state index in [4.69, 9.17) is 0 Å². The van der Waals surface area contributed by atoms with Gasteiger partial charge in [0, 0.05) is 35.3 Å². The molecule has 0 radical (unpaired) electrons. The molecule has 0 aliphatic heterocycles. The van der Waals surface area contributed by atoms with E-state index in [0.29, 0.717) is 44.6 Å². The van der Waals surface area contributed by atoms with Crippen molar-refractivity contribution in [3.05, 3.63) is 71.8 Å². The van der Waals surface area contributed by atoms with Gasteiger partial charge in [-0.2, -0.15) is 5.26 Å². The molecule has 13 heteroatoms. The van der Waals surface area contributed by atoms with Gasteiger partial charge in [0.15, 0.2) is 23.1 Å². The van der Waals surface area contributed by atoms with Crippen LogP contribution in [-0.4, -0.2) is 40.3 Å². The van der Waals surface area contributed by atoms with Crippen molar-refractivity contribution >= 4 is 32.8 Å². The summed E-state index contributed by atoms with van der Waals surface area (Å²) in [5.41, 5.74) is -0.729. The molecule has 2 atom stereocenters. The molecular formula is C30H27F3N6O3S. The zero-order valence-corrected chi connectivity index (χ0v) is 23.9. The van der Waals surface area contributed by atoms with Crippen molar-refractivity contribution in [2.75, 3.05) is 5.32 Å². The van der Waals surface area contributed by atoms with Gasteiger partial charge < -0.3 is 10.6 Å². The maximum Gasteiger partial charge on any atom is 0.269 e. The maximum atomic E-state index is 15.3. The van der Waals surface area contributed by atoms with Crippen LogP contribution in [0.5, 0.6) is 0 Å². The Hall–Kier alpha value is -4.44. The first-order valence-electron chi connectivity index (χ1n) is 13.8. The lowest BCUT2D eigenvalue weighted by molar-refractivity contribution is -0.125. The smallest absolute Gasteiger partial charge is 0.269 e. The summed E-state index contributed by atoms with van der Waals surface area (Å²) in [5.74, 6) is -3.38. The van der Waals surface area contributed by atoms with Crippen LogP contribution in [-0.2, 0) is 14.8 Å². The Morgan fingerprint density at radius 2 is 1.81 bits per heavy atom. The molecule has 6 rings (SSSR count). The molecule has 2 saturated carbocycles. The molecule has 0 spiro atoms. The molecule has 0 unspecified atom stereocenters. The summed E-state index contributed by atoms with van der Waals surface area (Å²) in [6, 6.07) is 9.28. The highest BCUT2D eigenvalue weighted by atomic mass is 32.2. The second-order valence-electron chi connectivity index (χ2n) is 11.2. The van der Waals surface area contributed by atoms with Crippen LogP contribution in [0, 0.1) is 41.1 Å². The SMILES string of the molecule is Cc1ccc(S(=O)(=O)n2cc(-c3nc(N[C@H]4CCC[C@@H](NC(=O)C5(C#N)CC5)C4)c(F)cc3F)c3cc(F)cnc32)cc1. The number of carbonyl (C=O) groups is 1. The molecule has 2 N–H and O–H groups in total. The summed E-state index contributed by atoms with van der Waals surface area (Å²) in [4.78, 5) is 20.7. The van der Waals surface area contributed by atoms with Crippen molar-refractivity contribution in [1.82, 2.24) is 19.3 Å². The highest BCUT2D eigenvalue weighted by Gasteiger charge is 2.51. The van der Waals surface area contributed by atoms with Crippen molar-refractivity contribution in [2.24, 2.45) is 5.41 Å². The predicted octanol–water partition coefficient (Wildman–Crippen LogP) is 5.20. The molecule has 3 aromatic heterocycles. The lowest BCUT2D eigenvalue weighted by Crippen LogP contribution is -2.44. The average Bonchev–Trinajstić information content (AvgIpc) is 3.69. The number of fused-ring (bicyclic) bond motifs is 1. The number of benzene rings is 1. The van der Waals surface area contributed by atoms with E-state index in [1.54, 1.807) is 19.1 Å². The van der Waals surface area contributed by atoms with Crippen LogP contribution in [0.1, 0.15) is 44.1 Å². The number of hydrogen-bond acceptors (Lipinski definition) is 7. The number of carbonyl (C=O) groups excluding carboxylic acids is 1. The number of nitriles is 1. The van der Waals surface area contributed by atoms with Gasteiger partial charge in [-0.1, -0.05) is 17.7 Å². The summed E-state index contributed by atoms with van der Waals surface area (Å²) in [7, 11) is -4.22. The number of halogens is 3. The second-order valence-corrected chi connectivity index (χ2v) is 13.0. The number of nitrogens with zero attached hydrogens (tertiary/aromatic N) is 4. The van der Waals surface area contributed by atoms with E-state index in [2.05, 4.69) is 26.7 Å². The Kier molecular flexibility index (Phi) is 7.12. The monoisotopic (exact) mass is 608 g/mol. The second kappa shape index (κ2) is 10.7. The van der Waals surface area contributed by atoms with Crippen molar-refractivity contribution in [2.45, 2.75) is 62.4 Å². The minimum Gasteiger partial charge on any atom is -0.365 e. The number of pyridine rings is 2. The van der Waals surface area contributed by atoms with E-state index in [-0.39, 0.29) is 51.0 Å². The third kappa shape index (κ3) is 5.31. The molecule has 2 fully saturated rings. The Bertz CT molecular complexity index is 1900. The number of amides is 1. The van der Waals surface area contributed by atoms with Gasteiger partial charge >= 0.3 is 0 Å². The van der Waals surface area contributed by atoms with Crippen molar-refractivity contribution < 1.29 is 26.4 Å². The first kappa shape index (κ1) is 28.7. The minimum absolute atomic E-state index is 0.0217.